The van der Waals surface area contributed by atoms with E-state index in [2.05, 4.69) is 5.09 Å². The molecule has 1 rings (SSSR count). The molecule has 106 valence electrons. The molecule has 0 saturated carbocycles. The highest BCUT2D eigenvalue weighted by Crippen LogP contribution is 2.26. The van der Waals surface area contributed by atoms with Crippen molar-refractivity contribution in [1.82, 2.24) is 5.09 Å². The molecule has 1 aromatic rings. The van der Waals surface area contributed by atoms with E-state index in [1.807, 2.05) is 6.07 Å². The van der Waals surface area contributed by atoms with Gasteiger partial charge in [0.05, 0.1) is 6.10 Å². The number of ether oxygens (including phenoxy) is 1. The van der Waals surface area contributed by atoms with Gasteiger partial charge in [-0.1, -0.05) is 18.2 Å². The van der Waals surface area contributed by atoms with Crippen molar-refractivity contribution in [2.24, 2.45) is 0 Å². The number of hydrogen-bond donors (Lipinski definition) is 1. The number of rotatable bonds is 6. The third kappa shape index (κ3) is 5.45. The SMILES string of the molecule is CC(C)OC(=O)C(C)(C)N[PH](=O)Oc1ccccc1. The number of esters is 1. The second kappa shape index (κ2) is 6.73. The maximum absolute atomic E-state index is 11.9. The summed E-state index contributed by atoms with van der Waals surface area (Å²) in [6.45, 7) is 6.73. The Morgan fingerprint density at radius 3 is 2.37 bits per heavy atom. The van der Waals surface area contributed by atoms with Crippen LogP contribution in [0.5, 0.6) is 5.75 Å². The van der Waals surface area contributed by atoms with E-state index in [-0.39, 0.29) is 6.10 Å². The molecule has 0 saturated heterocycles. The van der Waals surface area contributed by atoms with Crippen molar-refractivity contribution in [3.63, 3.8) is 0 Å². The van der Waals surface area contributed by atoms with Gasteiger partial charge in [-0.3, -0.25) is 9.36 Å². The van der Waals surface area contributed by atoms with Crippen LogP contribution in [0.25, 0.3) is 0 Å². The molecule has 0 aliphatic rings. The highest BCUT2D eigenvalue weighted by molar-refractivity contribution is 7.37. The number of carbonyl (C=O) groups is 1. The molecular formula is C13H20NO4P. The summed E-state index contributed by atoms with van der Waals surface area (Å²) in [4.78, 5) is 11.8. The van der Waals surface area contributed by atoms with Crippen molar-refractivity contribution in [1.29, 1.82) is 0 Å². The van der Waals surface area contributed by atoms with Crippen LogP contribution in [-0.4, -0.2) is 17.6 Å². The molecule has 1 N–H and O–H groups in total. The summed E-state index contributed by atoms with van der Waals surface area (Å²) in [6, 6.07) is 8.79. The molecule has 0 aliphatic carbocycles. The zero-order valence-corrected chi connectivity index (χ0v) is 12.6. The van der Waals surface area contributed by atoms with E-state index in [0.717, 1.165) is 0 Å². The van der Waals surface area contributed by atoms with Crippen LogP contribution in [0.15, 0.2) is 30.3 Å². The molecular weight excluding hydrogens is 265 g/mol. The Hall–Kier alpha value is -1.32. The number of hydrogen-bond acceptors (Lipinski definition) is 4. The summed E-state index contributed by atoms with van der Waals surface area (Å²) in [7, 11) is -2.58. The molecule has 19 heavy (non-hydrogen) atoms. The molecule has 0 spiro atoms. The number of nitrogens with one attached hydrogen (secondary N) is 1. The highest BCUT2D eigenvalue weighted by Gasteiger charge is 2.31. The minimum absolute atomic E-state index is 0.217. The summed E-state index contributed by atoms with van der Waals surface area (Å²) in [5.74, 6) is 0.0319. The van der Waals surface area contributed by atoms with E-state index in [4.69, 9.17) is 9.26 Å². The Bertz CT molecular complexity index is 445. The van der Waals surface area contributed by atoms with Gasteiger partial charge in [-0.15, -0.1) is 0 Å². The van der Waals surface area contributed by atoms with Crippen molar-refractivity contribution < 1.29 is 18.6 Å². The minimum Gasteiger partial charge on any atom is -0.462 e. The largest absolute Gasteiger partial charge is 0.462 e. The fraction of sp³-hybridized carbons (Fsp3) is 0.462. The zero-order valence-electron chi connectivity index (χ0n) is 11.6. The zero-order chi connectivity index (χ0) is 14.5. The first-order valence-electron chi connectivity index (χ1n) is 6.07. The van der Waals surface area contributed by atoms with E-state index in [0.29, 0.717) is 5.75 Å². The Kier molecular flexibility index (Phi) is 5.58. The van der Waals surface area contributed by atoms with E-state index < -0.39 is 19.7 Å². The maximum Gasteiger partial charge on any atom is 0.326 e. The average Bonchev–Trinajstić information content (AvgIpc) is 2.28. The monoisotopic (exact) mass is 285 g/mol. The fourth-order valence-corrected chi connectivity index (χ4v) is 2.30. The molecule has 1 atom stereocenters. The predicted octanol–water partition coefficient (Wildman–Crippen LogP) is 2.77. The van der Waals surface area contributed by atoms with Gasteiger partial charge < -0.3 is 9.26 Å². The lowest BCUT2D eigenvalue weighted by molar-refractivity contribution is -0.153. The molecule has 0 aromatic heterocycles. The van der Waals surface area contributed by atoms with Crippen LogP contribution in [0.2, 0.25) is 0 Å². The second-order valence-electron chi connectivity index (χ2n) is 4.91. The topological polar surface area (TPSA) is 64.6 Å². The first kappa shape index (κ1) is 15.7. The van der Waals surface area contributed by atoms with Crippen LogP contribution in [-0.2, 0) is 14.1 Å². The maximum atomic E-state index is 11.9. The van der Waals surface area contributed by atoms with Gasteiger partial charge >= 0.3 is 14.1 Å². The van der Waals surface area contributed by atoms with E-state index in [1.165, 1.54) is 0 Å². The molecule has 6 heteroatoms. The first-order valence-corrected chi connectivity index (χ1v) is 7.39. The molecule has 0 amide bonds. The summed E-state index contributed by atoms with van der Waals surface area (Å²) >= 11 is 0. The van der Waals surface area contributed by atoms with Gasteiger partial charge in [0.15, 0.2) is 0 Å². The number of benzene rings is 1. The quantitative estimate of drug-likeness (QED) is 0.643. The summed E-state index contributed by atoms with van der Waals surface area (Å²) in [5, 5.41) is 2.66. The molecule has 1 aromatic carbocycles. The third-order valence-electron chi connectivity index (χ3n) is 2.22. The van der Waals surface area contributed by atoms with Crippen LogP contribution in [0.1, 0.15) is 27.7 Å². The summed E-state index contributed by atoms with van der Waals surface area (Å²) < 4.78 is 22.2. The molecule has 1 unspecified atom stereocenters. The Labute approximate surface area is 114 Å². The predicted molar refractivity (Wildman–Crippen MR) is 74.5 cm³/mol. The van der Waals surface area contributed by atoms with Crippen molar-refractivity contribution >= 4 is 14.1 Å². The van der Waals surface area contributed by atoms with Gasteiger partial charge in [0.2, 0.25) is 0 Å². The van der Waals surface area contributed by atoms with Gasteiger partial charge in [-0.05, 0) is 39.8 Å². The van der Waals surface area contributed by atoms with Gasteiger partial charge in [-0.2, -0.15) is 0 Å². The minimum atomic E-state index is -2.58. The first-order chi connectivity index (χ1) is 8.81. The van der Waals surface area contributed by atoms with E-state index >= 15 is 0 Å². The van der Waals surface area contributed by atoms with Gasteiger partial charge in [0.1, 0.15) is 11.3 Å². The molecule has 0 heterocycles. The normalized spacial score (nSPS) is 13.1. The van der Waals surface area contributed by atoms with Crippen LogP contribution in [0.3, 0.4) is 0 Å². The van der Waals surface area contributed by atoms with Crippen molar-refractivity contribution in [2.75, 3.05) is 0 Å². The summed E-state index contributed by atoms with van der Waals surface area (Å²) in [6.07, 6.45) is -0.217. The van der Waals surface area contributed by atoms with Gasteiger partial charge in [0.25, 0.3) is 0 Å². The second-order valence-corrected chi connectivity index (χ2v) is 5.94. The lowest BCUT2D eigenvalue weighted by Crippen LogP contribution is -2.45. The van der Waals surface area contributed by atoms with E-state index in [9.17, 15) is 9.36 Å². The average molecular weight is 285 g/mol. The fourth-order valence-electron chi connectivity index (χ4n) is 1.29. The Morgan fingerprint density at radius 2 is 1.84 bits per heavy atom. The lowest BCUT2D eigenvalue weighted by Gasteiger charge is -2.24. The Morgan fingerprint density at radius 1 is 1.26 bits per heavy atom. The van der Waals surface area contributed by atoms with Gasteiger partial charge in [0, 0.05) is 0 Å². The lowest BCUT2D eigenvalue weighted by atomic mass is 10.1. The van der Waals surface area contributed by atoms with Crippen molar-refractivity contribution in [2.45, 2.75) is 39.3 Å². The van der Waals surface area contributed by atoms with Crippen LogP contribution in [0.4, 0.5) is 0 Å². The van der Waals surface area contributed by atoms with Crippen LogP contribution in [0, 0.1) is 0 Å². The highest BCUT2D eigenvalue weighted by atomic mass is 31.1. The van der Waals surface area contributed by atoms with Crippen LogP contribution < -0.4 is 9.61 Å². The van der Waals surface area contributed by atoms with Crippen LogP contribution >= 0.6 is 8.18 Å². The Balaban J connectivity index is 2.58. The van der Waals surface area contributed by atoms with Gasteiger partial charge in [-0.25, -0.2) is 5.09 Å². The third-order valence-corrected chi connectivity index (χ3v) is 3.47. The number of carbonyl (C=O) groups excluding carboxylic acids is 1. The molecule has 0 fully saturated rings. The molecule has 0 bridgehead atoms. The van der Waals surface area contributed by atoms with Crippen molar-refractivity contribution in [3.8, 4) is 5.75 Å². The van der Waals surface area contributed by atoms with Crippen molar-refractivity contribution in [3.05, 3.63) is 30.3 Å². The standard InChI is InChI=1S/C13H20NO4P/c1-10(2)17-12(15)13(3,4)14-19(16)18-11-8-6-5-7-9-11/h5-10,19H,1-4H3,(H,14,16). The molecule has 0 radical (unpaired) electrons. The number of para-hydroxylation sites is 1. The molecule has 5 nitrogen and oxygen atoms in total. The van der Waals surface area contributed by atoms with E-state index in [1.54, 1.807) is 52.0 Å². The summed E-state index contributed by atoms with van der Waals surface area (Å²) in [5.41, 5.74) is -1.06. The smallest absolute Gasteiger partial charge is 0.326 e. The molecule has 0 aliphatic heterocycles.